The van der Waals surface area contributed by atoms with Gasteiger partial charge in [0.15, 0.2) is 5.65 Å². The van der Waals surface area contributed by atoms with Crippen LogP contribution < -0.4 is 0 Å². The molecule has 6 heteroatoms. The Bertz CT molecular complexity index is 804. The third-order valence-electron chi connectivity index (χ3n) is 3.43. The van der Waals surface area contributed by atoms with Crippen LogP contribution in [0.2, 0.25) is 0 Å². The number of imidazole rings is 1. The van der Waals surface area contributed by atoms with Crippen LogP contribution in [0.25, 0.3) is 22.3 Å². The number of alkyl halides is 3. The van der Waals surface area contributed by atoms with Crippen LogP contribution in [0.5, 0.6) is 0 Å². The molecule has 3 aromatic rings. The van der Waals surface area contributed by atoms with E-state index in [9.17, 15) is 13.2 Å². The summed E-state index contributed by atoms with van der Waals surface area (Å²) < 4.78 is 40.7. The maximum atomic E-state index is 13.1. The minimum atomic E-state index is -4.49. The minimum Gasteiger partial charge on any atom is -0.316 e. The van der Waals surface area contributed by atoms with E-state index in [1.165, 1.54) is 0 Å². The van der Waals surface area contributed by atoms with Gasteiger partial charge in [-0.25, -0.2) is 9.97 Å². The first-order valence-electron chi connectivity index (χ1n) is 6.34. The SMILES string of the molecule is Cc1nc2c(-c3ccccc3)cc(C(F)(F)F)nc2n1C. The first-order chi connectivity index (χ1) is 9.88. The van der Waals surface area contributed by atoms with Gasteiger partial charge in [0.1, 0.15) is 17.0 Å². The van der Waals surface area contributed by atoms with E-state index in [0.29, 0.717) is 22.5 Å². The summed E-state index contributed by atoms with van der Waals surface area (Å²) >= 11 is 0. The molecule has 2 heterocycles. The Morgan fingerprint density at radius 2 is 1.71 bits per heavy atom. The summed E-state index contributed by atoms with van der Waals surface area (Å²) in [6.45, 7) is 1.74. The van der Waals surface area contributed by atoms with Crippen molar-refractivity contribution in [3.63, 3.8) is 0 Å². The van der Waals surface area contributed by atoms with Crippen molar-refractivity contribution in [1.82, 2.24) is 14.5 Å². The zero-order valence-electron chi connectivity index (χ0n) is 11.4. The van der Waals surface area contributed by atoms with Crippen molar-refractivity contribution < 1.29 is 13.2 Å². The molecule has 0 atom stereocenters. The summed E-state index contributed by atoms with van der Waals surface area (Å²) in [4.78, 5) is 8.07. The molecule has 0 bridgehead atoms. The molecule has 0 unspecified atom stereocenters. The predicted octanol–water partition coefficient (Wildman–Crippen LogP) is 3.96. The second-order valence-corrected chi connectivity index (χ2v) is 4.81. The maximum absolute atomic E-state index is 13.1. The van der Waals surface area contributed by atoms with Crippen LogP contribution in [0.3, 0.4) is 0 Å². The van der Waals surface area contributed by atoms with Gasteiger partial charge in [0.25, 0.3) is 0 Å². The van der Waals surface area contributed by atoms with E-state index >= 15 is 0 Å². The lowest BCUT2D eigenvalue weighted by molar-refractivity contribution is -0.140. The summed E-state index contributed by atoms with van der Waals surface area (Å²) in [5, 5.41) is 0. The molecule has 108 valence electrons. The minimum absolute atomic E-state index is 0.237. The Labute approximate surface area is 119 Å². The Hall–Kier alpha value is -2.37. The molecule has 0 radical (unpaired) electrons. The molecule has 0 fully saturated rings. The normalized spacial score (nSPS) is 12.0. The predicted molar refractivity (Wildman–Crippen MR) is 73.7 cm³/mol. The maximum Gasteiger partial charge on any atom is 0.433 e. The highest BCUT2D eigenvalue weighted by atomic mass is 19.4. The van der Waals surface area contributed by atoms with Gasteiger partial charge in [-0.15, -0.1) is 0 Å². The zero-order valence-corrected chi connectivity index (χ0v) is 11.4. The number of halogens is 3. The fourth-order valence-corrected chi connectivity index (χ4v) is 2.24. The second kappa shape index (κ2) is 4.58. The zero-order chi connectivity index (χ0) is 15.2. The molecule has 0 spiro atoms. The fourth-order valence-electron chi connectivity index (χ4n) is 2.24. The molecule has 21 heavy (non-hydrogen) atoms. The van der Waals surface area contributed by atoms with E-state index in [1.54, 1.807) is 42.8 Å². The van der Waals surface area contributed by atoms with Gasteiger partial charge in [-0.3, -0.25) is 0 Å². The van der Waals surface area contributed by atoms with Crippen LogP contribution in [0, 0.1) is 6.92 Å². The first-order valence-corrected chi connectivity index (χ1v) is 6.34. The van der Waals surface area contributed by atoms with Gasteiger partial charge in [0.05, 0.1) is 0 Å². The lowest BCUT2D eigenvalue weighted by atomic mass is 10.0. The van der Waals surface area contributed by atoms with E-state index in [4.69, 9.17) is 0 Å². The fraction of sp³-hybridized carbons (Fsp3) is 0.200. The highest BCUT2D eigenvalue weighted by Crippen LogP contribution is 2.34. The monoisotopic (exact) mass is 291 g/mol. The van der Waals surface area contributed by atoms with Crippen molar-refractivity contribution in [2.24, 2.45) is 7.05 Å². The molecule has 2 aromatic heterocycles. The molecular weight excluding hydrogens is 279 g/mol. The van der Waals surface area contributed by atoms with Crippen molar-refractivity contribution in [3.8, 4) is 11.1 Å². The van der Waals surface area contributed by atoms with Crippen LogP contribution in [0.1, 0.15) is 11.5 Å². The molecule has 0 saturated heterocycles. The van der Waals surface area contributed by atoms with Gasteiger partial charge in [0, 0.05) is 12.6 Å². The summed E-state index contributed by atoms with van der Waals surface area (Å²) in [5.74, 6) is 0.619. The standard InChI is InChI=1S/C15H12F3N3/c1-9-19-13-11(10-6-4-3-5-7-10)8-12(15(16,17)18)20-14(13)21(9)2/h3-8H,1-2H3. The molecule has 0 aliphatic carbocycles. The topological polar surface area (TPSA) is 30.7 Å². The molecule has 3 rings (SSSR count). The number of hydrogen-bond acceptors (Lipinski definition) is 2. The number of benzene rings is 1. The number of pyridine rings is 1. The molecule has 0 saturated carbocycles. The lowest BCUT2D eigenvalue weighted by Gasteiger charge is -2.09. The highest BCUT2D eigenvalue weighted by Gasteiger charge is 2.34. The van der Waals surface area contributed by atoms with E-state index in [-0.39, 0.29) is 5.65 Å². The van der Waals surface area contributed by atoms with Gasteiger partial charge >= 0.3 is 6.18 Å². The van der Waals surface area contributed by atoms with Crippen molar-refractivity contribution in [2.45, 2.75) is 13.1 Å². The van der Waals surface area contributed by atoms with Gasteiger partial charge in [-0.2, -0.15) is 13.2 Å². The van der Waals surface area contributed by atoms with E-state index in [1.807, 2.05) is 6.07 Å². The van der Waals surface area contributed by atoms with Crippen molar-refractivity contribution in [1.29, 1.82) is 0 Å². The smallest absolute Gasteiger partial charge is 0.316 e. The molecule has 0 N–H and O–H groups in total. The number of aromatic nitrogens is 3. The Morgan fingerprint density at radius 1 is 1.05 bits per heavy atom. The summed E-state index contributed by atoms with van der Waals surface area (Å²) in [7, 11) is 1.66. The third kappa shape index (κ3) is 2.26. The highest BCUT2D eigenvalue weighted by molar-refractivity contribution is 5.90. The van der Waals surface area contributed by atoms with Crippen LogP contribution in [0.15, 0.2) is 36.4 Å². The van der Waals surface area contributed by atoms with Crippen LogP contribution >= 0.6 is 0 Å². The molecule has 0 aliphatic rings. The van der Waals surface area contributed by atoms with Crippen molar-refractivity contribution in [2.75, 3.05) is 0 Å². The van der Waals surface area contributed by atoms with E-state index in [0.717, 1.165) is 6.07 Å². The van der Waals surface area contributed by atoms with Crippen molar-refractivity contribution >= 4 is 11.2 Å². The molecular formula is C15H12F3N3. The molecule has 0 amide bonds. The average molecular weight is 291 g/mol. The largest absolute Gasteiger partial charge is 0.433 e. The number of aryl methyl sites for hydroxylation is 2. The van der Waals surface area contributed by atoms with Gasteiger partial charge in [0.2, 0.25) is 0 Å². The second-order valence-electron chi connectivity index (χ2n) is 4.81. The Morgan fingerprint density at radius 3 is 2.33 bits per heavy atom. The number of fused-ring (bicyclic) bond motifs is 1. The molecule has 3 nitrogen and oxygen atoms in total. The van der Waals surface area contributed by atoms with Crippen LogP contribution in [-0.4, -0.2) is 14.5 Å². The van der Waals surface area contributed by atoms with Gasteiger partial charge in [-0.05, 0) is 18.6 Å². The quantitative estimate of drug-likeness (QED) is 0.679. The molecule has 0 aliphatic heterocycles. The number of nitrogens with zero attached hydrogens (tertiary/aromatic N) is 3. The molecule has 1 aromatic carbocycles. The third-order valence-corrected chi connectivity index (χ3v) is 3.43. The van der Waals surface area contributed by atoms with E-state index in [2.05, 4.69) is 9.97 Å². The van der Waals surface area contributed by atoms with Crippen molar-refractivity contribution in [3.05, 3.63) is 47.9 Å². The van der Waals surface area contributed by atoms with Gasteiger partial charge in [-0.1, -0.05) is 30.3 Å². The summed E-state index contributed by atoms with van der Waals surface area (Å²) in [6, 6.07) is 9.97. The van der Waals surface area contributed by atoms with Gasteiger partial charge < -0.3 is 4.57 Å². The van der Waals surface area contributed by atoms with Crippen LogP contribution in [-0.2, 0) is 13.2 Å². The first kappa shape index (κ1) is 13.6. The summed E-state index contributed by atoms with van der Waals surface area (Å²) in [6.07, 6.45) is -4.49. The number of hydrogen-bond donors (Lipinski definition) is 0. The van der Waals surface area contributed by atoms with Crippen LogP contribution in [0.4, 0.5) is 13.2 Å². The Balaban J connectivity index is 2.39. The Kier molecular flexibility index (Phi) is 2.97. The summed E-state index contributed by atoms with van der Waals surface area (Å²) in [5.41, 5.74) is 0.942. The lowest BCUT2D eigenvalue weighted by Crippen LogP contribution is -2.09. The number of rotatable bonds is 1. The van der Waals surface area contributed by atoms with E-state index < -0.39 is 11.9 Å². The average Bonchev–Trinajstić information content (AvgIpc) is 2.74.